The van der Waals surface area contributed by atoms with E-state index in [1.807, 2.05) is 30.7 Å². The standard InChI is InChI=1S/C16H13N3O/c1-2-4-16-14(3-1)12(10-20-16)8-17-13-6-5-11-9-18-19-15(11)7-13/h1-7,9-10,17H,8H2,(H,18,19). The third-order valence-corrected chi connectivity index (χ3v) is 3.49. The van der Waals surface area contributed by atoms with Gasteiger partial charge in [-0.2, -0.15) is 5.10 Å². The summed E-state index contributed by atoms with van der Waals surface area (Å²) in [5, 5.41) is 12.7. The van der Waals surface area contributed by atoms with Gasteiger partial charge in [-0.1, -0.05) is 18.2 Å². The monoisotopic (exact) mass is 263 g/mol. The summed E-state index contributed by atoms with van der Waals surface area (Å²) in [6.07, 6.45) is 3.63. The summed E-state index contributed by atoms with van der Waals surface area (Å²) in [7, 11) is 0. The lowest BCUT2D eigenvalue weighted by Gasteiger charge is -2.05. The number of benzene rings is 2. The molecule has 0 saturated heterocycles. The second kappa shape index (κ2) is 4.42. The molecule has 0 spiro atoms. The van der Waals surface area contributed by atoms with Crippen LogP contribution in [0.5, 0.6) is 0 Å². The van der Waals surface area contributed by atoms with E-state index in [4.69, 9.17) is 4.42 Å². The Bertz CT molecular complexity index is 875. The van der Waals surface area contributed by atoms with E-state index in [2.05, 4.69) is 39.8 Å². The van der Waals surface area contributed by atoms with Crippen molar-refractivity contribution >= 4 is 27.6 Å². The van der Waals surface area contributed by atoms with E-state index in [0.717, 1.165) is 39.7 Å². The molecule has 2 aromatic carbocycles. The first-order valence-electron chi connectivity index (χ1n) is 6.52. The molecule has 0 radical (unpaired) electrons. The summed E-state index contributed by atoms with van der Waals surface area (Å²) in [5.41, 5.74) is 4.18. The number of hydrogen-bond acceptors (Lipinski definition) is 3. The molecule has 4 nitrogen and oxygen atoms in total. The van der Waals surface area contributed by atoms with Gasteiger partial charge in [-0.3, -0.25) is 5.10 Å². The molecule has 4 rings (SSSR count). The van der Waals surface area contributed by atoms with Crippen molar-refractivity contribution in [3.05, 3.63) is 60.5 Å². The van der Waals surface area contributed by atoms with Gasteiger partial charge in [0.15, 0.2) is 0 Å². The third-order valence-electron chi connectivity index (χ3n) is 3.49. The van der Waals surface area contributed by atoms with Crippen LogP contribution in [0.3, 0.4) is 0 Å². The number of anilines is 1. The lowest BCUT2D eigenvalue weighted by molar-refractivity contribution is 0.611. The fraction of sp³-hybridized carbons (Fsp3) is 0.0625. The Morgan fingerprint density at radius 3 is 3.10 bits per heavy atom. The van der Waals surface area contributed by atoms with Crippen LogP contribution in [-0.4, -0.2) is 10.2 Å². The summed E-state index contributed by atoms with van der Waals surface area (Å²) >= 11 is 0. The summed E-state index contributed by atoms with van der Waals surface area (Å²) < 4.78 is 5.54. The average Bonchev–Trinajstić information content (AvgIpc) is 3.11. The van der Waals surface area contributed by atoms with Gasteiger partial charge in [-0.05, 0) is 24.3 Å². The minimum atomic E-state index is 0.733. The smallest absolute Gasteiger partial charge is 0.134 e. The molecule has 0 amide bonds. The number of H-pyrrole nitrogens is 1. The van der Waals surface area contributed by atoms with Crippen LogP contribution >= 0.6 is 0 Å². The molecule has 0 fully saturated rings. The van der Waals surface area contributed by atoms with Gasteiger partial charge in [-0.25, -0.2) is 0 Å². The van der Waals surface area contributed by atoms with E-state index in [-0.39, 0.29) is 0 Å². The number of hydrogen-bond donors (Lipinski definition) is 2. The van der Waals surface area contributed by atoms with Crippen molar-refractivity contribution in [2.45, 2.75) is 6.54 Å². The Balaban J connectivity index is 1.60. The number of aromatic amines is 1. The number of rotatable bonds is 3. The number of aromatic nitrogens is 2. The van der Waals surface area contributed by atoms with Gasteiger partial charge >= 0.3 is 0 Å². The topological polar surface area (TPSA) is 53.9 Å². The van der Waals surface area contributed by atoms with Crippen molar-refractivity contribution < 1.29 is 4.42 Å². The third kappa shape index (κ3) is 1.82. The number of nitrogens with zero attached hydrogens (tertiary/aromatic N) is 1. The SMILES string of the molecule is c1ccc2c(CNc3ccc4cn[nH]c4c3)coc2c1. The average molecular weight is 263 g/mol. The fourth-order valence-electron chi connectivity index (χ4n) is 2.41. The molecule has 20 heavy (non-hydrogen) atoms. The van der Waals surface area contributed by atoms with Crippen LogP contribution in [0.2, 0.25) is 0 Å². The van der Waals surface area contributed by atoms with E-state index < -0.39 is 0 Å². The summed E-state index contributed by atoms with van der Waals surface area (Å²) in [6, 6.07) is 14.2. The molecule has 98 valence electrons. The van der Waals surface area contributed by atoms with Gasteiger partial charge < -0.3 is 9.73 Å². The minimum Gasteiger partial charge on any atom is -0.464 e. The van der Waals surface area contributed by atoms with Crippen molar-refractivity contribution in [1.82, 2.24) is 10.2 Å². The Hall–Kier alpha value is -2.75. The molecule has 2 N–H and O–H groups in total. The predicted octanol–water partition coefficient (Wildman–Crippen LogP) is 3.92. The predicted molar refractivity (Wildman–Crippen MR) is 79.6 cm³/mol. The molecule has 0 aliphatic rings. The molecule has 2 heterocycles. The van der Waals surface area contributed by atoms with Gasteiger partial charge in [-0.15, -0.1) is 0 Å². The van der Waals surface area contributed by atoms with Crippen LogP contribution in [0.25, 0.3) is 21.9 Å². The van der Waals surface area contributed by atoms with E-state index in [0.29, 0.717) is 0 Å². The highest BCUT2D eigenvalue weighted by Crippen LogP contribution is 2.22. The fourth-order valence-corrected chi connectivity index (χ4v) is 2.41. The highest BCUT2D eigenvalue weighted by molar-refractivity contribution is 5.83. The Kier molecular flexibility index (Phi) is 2.45. The quantitative estimate of drug-likeness (QED) is 0.589. The molecule has 0 unspecified atom stereocenters. The number of nitrogens with one attached hydrogen (secondary N) is 2. The van der Waals surface area contributed by atoms with Crippen molar-refractivity contribution in [3.8, 4) is 0 Å². The van der Waals surface area contributed by atoms with E-state index in [1.165, 1.54) is 0 Å². The molecule has 0 saturated carbocycles. The summed E-state index contributed by atoms with van der Waals surface area (Å²) in [5.74, 6) is 0. The first-order valence-corrected chi connectivity index (χ1v) is 6.52. The minimum absolute atomic E-state index is 0.733. The molecule has 0 atom stereocenters. The van der Waals surface area contributed by atoms with Gasteiger partial charge in [0.2, 0.25) is 0 Å². The van der Waals surface area contributed by atoms with Gasteiger partial charge in [0.05, 0.1) is 18.0 Å². The zero-order valence-corrected chi connectivity index (χ0v) is 10.8. The van der Waals surface area contributed by atoms with Gasteiger partial charge in [0, 0.05) is 28.6 Å². The van der Waals surface area contributed by atoms with Crippen molar-refractivity contribution in [2.75, 3.05) is 5.32 Å². The van der Waals surface area contributed by atoms with Crippen molar-refractivity contribution in [2.24, 2.45) is 0 Å². The van der Waals surface area contributed by atoms with Gasteiger partial charge in [0.1, 0.15) is 5.58 Å². The second-order valence-electron chi connectivity index (χ2n) is 4.78. The number of furan rings is 1. The van der Waals surface area contributed by atoms with Crippen LogP contribution < -0.4 is 5.32 Å². The van der Waals surface area contributed by atoms with Crippen LogP contribution in [0, 0.1) is 0 Å². The van der Waals surface area contributed by atoms with Gasteiger partial charge in [0.25, 0.3) is 0 Å². The first-order chi connectivity index (χ1) is 9.90. The molecule has 2 aromatic heterocycles. The van der Waals surface area contributed by atoms with E-state index >= 15 is 0 Å². The molecular formula is C16H13N3O. The largest absolute Gasteiger partial charge is 0.464 e. The van der Waals surface area contributed by atoms with Crippen LogP contribution in [-0.2, 0) is 6.54 Å². The molecular weight excluding hydrogens is 250 g/mol. The lowest BCUT2D eigenvalue weighted by Crippen LogP contribution is -1.98. The normalized spacial score (nSPS) is 11.2. The summed E-state index contributed by atoms with van der Waals surface area (Å²) in [4.78, 5) is 0. The lowest BCUT2D eigenvalue weighted by atomic mass is 10.1. The van der Waals surface area contributed by atoms with Crippen LogP contribution in [0.4, 0.5) is 5.69 Å². The molecule has 0 aliphatic heterocycles. The Morgan fingerprint density at radius 1 is 1.15 bits per heavy atom. The van der Waals surface area contributed by atoms with Crippen molar-refractivity contribution in [1.29, 1.82) is 0 Å². The maximum absolute atomic E-state index is 5.54. The number of fused-ring (bicyclic) bond motifs is 2. The van der Waals surface area contributed by atoms with E-state index in [1.54, 1.807) is 0 Å². The Morgan fingerprint density at radius 2 is 2.10 bits per heavy atom. The number of para-hydroxylation sites is 1. The van der Waals surface area contributed by atoms with E-state index in [9.17, 15) is 0 Å². The Labute approximate surface area is 115 Å². The molecule has 4 aromatic rings. The first kappa shape index (κ1) is 11.1. The van der Waals surface area contributed by atoms with Crippen LogP contribution in [0.1, 0.15) is 5.56 Å². The maximum atomic E-state index is 5.54. The zero-order chi connectivity index (χ0) is 13.4. The molecule has 4 heteroatoms. The highest BCUT2D eigenvalue weighted by atomic mass is 16.3. The molecule has 0 bridgehead atoms. The van der Waals surface area contributed by atoms with Crippen LogP contribution in [0.15, 0.2) is 59.3 Å². The van der Waals surface area contributed by atoms with Crippen molar-refractivity contribution in [3.63, 3.8) is 0 Å². The highest BCUT2D eigenvalue weighted by Gasteiger charge is 2.05. The second-order valence-corrected chi connectivity index (χ2v) is 4.78. The maximum Gasteiger partial charge on any atom is 0.134 e. The summed E-state index contributed by atoms with van der Waals surface area (Å²) in [6.45, 7) is 0.733. The zero-order valence-electron chi connectivity index (χ0n) is 10.8. The molecule has 0 aliphatic carbocycles.